The van der Waals surface area contributed by atoms with Gasteiger partial charge in [0.1, 0.15) is 5.58 Å². The minimum Gasteiger partial charge on any atom is -0.453 e. The molecule has 4 aromatic rings. The lowest BCUT2D eigenvalue weighted by Crippen LogP contribution is -2.49. The summed E-state index contributed by atoms with van der Waals surface area (Å²) in [4.78, 5) is 17.1. The third kappa shape index (κ3) is 4.10. The number of carbonyl (C=O) groups excluding carboxylic acids is 1. The Morgan fingerprint density at radius 1 is 1.00 bits per heavy atom. The van der Waals surface area contributed by atoms with E-state index in [0.29, 0.717) is 23.9 Å². The van der Waals surface area contributed by atoms with Crippen molar-refractivity contribution in [1.82, 2.24) is 19.7 Å². The predicted octanol–water partition coefficient (Wildman–Crippen LogP) is 4.15. The van der Waals surface area contributed by atoms with E-state index in [1.807, 2.05) is 64.9 Å². The minimum atomic E-state index is 0.138. The van der Waals surface area contributed by atoms with Crippen LogP contribution in [-0.2, 0) is 11.3 Å². The lowest BCUT2D eigenvalue weighted by atomic mass is 10.2. The molecule has 2 aromatic heterocycles. The third-order valence-corrected chi connectivity index (χ3v) is 6.71. The zero-order chi connectivity index (χ0) is 21.9. The molecular formula is C24H25N5O2S. The molecule has 1 saturated heterocycles. The molecular weight excluding hydrogens is 422 g/mol. The number of anilines is 1. The van der Waals surface area contributed by atoms with Crippen LogP contribution < -0.4 is 4.90 Å². The topological polar surface area (TPSA) is 67.4 Å². The van der Waals surface area contributed by atoms with Gasteiger partial charge < -0.3 is 14.2 Å². The minimum absolute atomic E-state index is 0.138. The Balaban J connectivity index is 1.22. The first-order valence-corrected chi connectivity index (χ1v) is 11.8. The highest BCUT2D eigenvalue weighted by atomic mass is 32.2. The molecule has 2 aromatic carbocycles. The van der Waals surface area contributed by atoms with Gasteiger partial charge in [0.05, 0.1) is 5.75 Å². The number of amides is 1. The molecule has 0 unspecified atom stereocenters. The van der Waals surface area contributed by atoms with Gasteiger partial charge in [0.25, 0.3) is 0 Å². The fourth-order valence-corrected chi connectivity index (χ4v) is 4.93. The maximum atomic E-state index is 12.8. The average Bonchev–Trinajstić information content (AvgIpc) is 3.46. The molecule has 0 saturated carbocycles. The van der Waals surface area contributed by atoms with Crippen molar-refractivity contribution in [2.45, 2.75) is 18.6 Å². The predicted molar refractivity (Wildman–Crippen MR) is 127 cm³/mol. The Kier molecular flexibility index (Phi) is 5.85. The van der Waals surface area contributed by atoms with E-state index in [4.69, 9.17) is 4.42 Å². The number of benzene rings is 2. The quantitative estimate of drug-likeness (QED) is 0.414. The standard InChI is InChI=1S/C24H25N5O2S/c1-2-29-23(21-16-18-8-6-7-11-20(18)31-21)25-26-24(29)32-17-22(30)28-14-12-27(13-15-28)19-9-4-3-5-10-19/h3-11,16H,2,12-15,17H2,1H3. The van der Waals surface area contributed by atoms with Gasteiger partial charge in [0.15, 0.2) is 10.9 Å². The molecule has 8 heteroatoms. The number of hydrogen-bond acceptors (Lipinski definition) is 6. The highest BCUT2D eigenvalue weighted by molar-refractivity contribution is 7.99. The maximum Gasteiger partial charge on any atom is 0.233 e. The number of rotatable bonds is 6. The molecule has 0 bridgehead atoms. The van der Waals surface area contributed by atoms with Crippen LogP contribution in [0.4, 0.5) is 5.69 Å². The zero-order valence-corrected chi connectivity index (χ0v) is 18.8. The highest BCUT2D eigenvalue weighted by Gasteiger charge is 2.23. The fraction of sp³-hybridized carbons (Fsp3) is 0.292. The molecule has 7 nitrogen and oxygen atoms in total. The van der Waals surface area contributed by atoms with Gasteiger partial charge in [-0.15, -0.1) is 10.2 Å². The van der Waals surface area contributed by atoms with E-state index < -0.39 is 0 Å². The van der Waals surface area contributed by atoms with Gasteiger partial charge in [-0.25, -0.2) is 0 Å². The monoisotopic (exact) mass is 447 g/mol. The number of para-hydroxylation sites is 2. The molecule has 0 N–H and O–H groups in total. The summed E-state index contributed by atoms with van der Waals surface area (Å²) >= 11 is 1.44. The fourth-order valence-electron chi connectivity index (χ4n) is 4.03. The average molecular weight is 448 g/mol. The number of piperazine rings is 1. The SMILES string of the molecule is CCn1c(SCC(=O)N2CCN(c3ccccc3)CC2)nnc1-c1cc2ccccc2o1. The number of nitrogens with zero attached hydrogens (tertiary/aromatic N) is 5. The van der Waals surface area contributed by atoms with E-state index in [1.54, 1.807) is 0 Å². The molecule has 1 aliphatic heterocycles. The van der Waals surface area contributed by atoms with E-state index in [0.717, 1.165) is 42.3 Å². The lowest BCUT2D eigenvalue weighted by Gasteiger charge is -2.36. The zero-order valence-electron chi connectivity index (χ0n) is 18.0. The Labute approximate surface area is 191 Å². The number of furan rings is 1. The number of fused-ring (bicyclic) bond motifs is 1. The van der Waals surface area contributed by atoms with Crippen molar-refractivity contribution in [1.29, 1.82) is 0 Å². The van der Waals surface area contributed by atoms with Crippen molar-refractivity contribution < 1.29 is 9.21 Å². The summed E-state index contributed by atoms with van der Waals surface area (Å²) in [7, 11) is 0. The summed E-state index contributed by atoms with van der Waals surface area (Å²) < 4.78 is 7.97. The second kappa shape index (κ2) is 9.08. The van der Waals surface area contributed by atoms with E-state index in [-0.39, 0.29) is 5.91 Å². The normalized spacial score (nSPS) is 14.3. The first-order valence-electron chi connectivity index (χ1n) is 10.9. The molecule has 1 aliphatic rings. The molecule has 32 heavy (non-hydrogen) atoms. The molecule has 5 rings (SSSR count). The molecule has 164 valence electrons. The number of carbonyl (C=O) groups is 1. The van der Waals surface area contributed by atoms with Gasteiger partial charge in [-0.2, -0.15) is 0 Å². The van der Waals surface area contributed by atoms with Crippen molar-refractivity contribution in [2.75, 3.05) is 36.8 Å². The summed E-state index contributed by atoms with van der Waals surface area (Å²) in [5, 5.41) is 10.5. The van der Waals surface area contributed by atoms with Gasteiger partial charge >= 0.3 is 0 Å². The first kappa shape index (κ1) is 20.6. The smallest absolute Gasteiger partial charge is 0.233 e. The van der Waals surface area contributed by atoms with Gasteiger partial charge in [0, 0.05) is 43.8 Å². The van der Waals surface area contributed by atoms with Crippen LogP contribution in [0.15, 0.2) is 70.2 Å². The van der Waals surface area contributed by atoms with Crippen LogP contribution in [0.1, 0.15) is 6.92 Å². The largest absolute Gasteiger partial charge is 0.453 e. The Morgan fingerprint density at radius 3 is 2.50 bits per heavy atom. The molecule has 1 amide bonds. The summed E-state index contributed by atoms with van der Waals surface area (Å²) in [5.41, 5.74) is 2.04. The summed E-state index contributed by atoms with van der Waals surface area (Å²) in [6.45, 7) is 5.91. The van der Waals surface area contributed by atoms with Gasteiger partial charge in [-0.1, -0.05) is 48.2 Å². The number of hydrogen-bond donors (Lipinski definition) is 0. The number of aromatic nitrogens is 3. The second-order valence-corrected chi connectivity index (χ2v) is 8.63. The molecule has 0 aliphatic carbocycles. The first-order chi connectivity index (χ1) is 15.7. The third-order valence-electron chi connectivity index (χ3n) is 5.76. The summed E-state index contributed by atoms with van der Waals surface area (Å²) in [6.07, 6.45) is 0. The molecule has 0 spiro atoms. The van der Waals surface area contributed by atoms with Crippen molar-refractivity contribution in [2.24, 2.45) is 0 Å². The summed E-state index contributed by atoms with van der Waals surface area (Å²) in [6, 6.07) is 20.2. The van der Waals surface area contributed by atoms with Crippen LogP contribution in [0.2, 0.25) is 0 Å². The highest BCUT2D eigenvalue weighted by Crippen LogP contribution is 2.29. The molecule has 0 atom stereocenters. The van der Waals surface area contributed by atoms with Crippen LogP contribution in [0.5, 0.6) is 0 Å². The van der Waals surface area contributed by atoms with E-state index >= 15 is 0 Å². The van der Waals surface area contributed by atoms with Gasteiger partial charge in [0.2, 0.25) is 11.7 Å². The second-order valence-electron chi connectivity index (χ2n) is 7.69. The van der Waals surface area contributed by atoms with Crippen molar-refractivity contribution in [3.05, 3.63) is 60.7 Å². The van der Waals surface area contributed by atoms with E-state index in [2.05, 4.69) is 27.2 Å². The molecule has 0 radical (unpaired) electrons. The van der Waals surface area contributed by atoms with Crippen LogP contribution >= 0.6 is 11.8 Å². The van der Waals surface area contributed by atoms with Gasteiger partial charge in [-0.05, 0) is 31.2 Å². The van der Waals surface area contributed by atoms with Crippen molar-refractivity contribution >= 4 is 34.3 Å². The van der Waals surface area contributed by atoms with Crippen LogP contribution in [0, 0.1) is 0 Å². The van der Waals surface area contributed by atoms with Crippen molar-refractivity contribution in [3.63, 3.8) is 0 Å². The van der Waals surface area contributed by atoms with Gasteiger partial charge in [-0.3, -0.25) is 9.36 Å². The lowest BCUT2D eigenvalue weighted by molar-refractivity contribution is -0.128. The van der Waals surface area contributed by atoms with E-state index in [1.165, 1.54) is 17.4 Å². The Morgan fingerprint density at radius 2 is 1.75 bits per heavy atom. The molecule has 1 fully saturated rings. The number of thioether (sulfide) groups is 1. The van der Waals surface area contributed by atoms with Crippen LogP contribution in [0.3, 0.4) is 0 Å². The maximum absolute atomic E-state index is 12.8. The summed E-state index contributed by atoms with van der Waals surface area (Å²) in [5.74, 6) is 1.87. The van der Waals surface area contributed by atoms with Crippen LogP contribution in [-0.4, -0.2) is 57.5 Å². The Bertz CT molecular complexity index is 1180. The molecule has 3 heterocycles. The Hall–Kier alpha value is -3.26. The van der Waals surface area contributed by atoms with Crippen LogP contribution in [0.25, 0.3) is 22.6 Å². The van der Waals surface area contributed by atoms with Crippen molar-refractivity contribution in [3.8, 4) is 11.6 Å². The van der Waals surface area contributed by atoms with E-state index in [9.17, 15) is 4.79 Å².